The molecule has 0 atom stereocenters. The number of nitrogens with zero attached hydrogens (tertiary/aromatic N) is 1. The summed E-state index contributed by atoms with van der Waals surface area (Å²) in [6.07, 6.45) is 0. The second-order valence-corrected chi connectivity index (χ2v) is 5.87. The molecular weight excluding hydrogens is 204 g/mol. The van der Waals surface area contributed by atoms with Gasteiger partial charge in [-0.1, -0.05) is 0 Å². The maximum Gasteiger partial charge on any atom is 0.242 e. The van der Waals surface area contributed by atoms with Crippen molar-refractivity contribution in [2.24, 2.45) is 10.7 Å². The highest BCUT2D eigenvalue weighted by atomic mass is 16.2. The summed E-state index contributed by atoms with van der Waals surface area (Å²) in [5.41, 5.74) is 5.25. The Hall–Kier alpha value is -1.26. The smallest absolute Gasteiger partial charge is 0.242 e. The Labute approximate surface area is 97.9 Å². The van der Waals surface area contributed by atoms with Crippen molar-refractivity contribution in [2.45, 2.75) is 52.6 Å². The van der Waals surface area contributed by atoms with Crippen LogP contribution >= 0.6 is 0 Å². The minimum atomic E-state index is -0.237. The third kappa shape index (κ3) is 9.30. The molecule has 4 N–H and O–H groups in total. The van der Waals surface area contributed by atoms with E-state index >= 15 is 0 Å². The molecule has 5 heteroatoms. The summed E-state index contributed by atoms with van der Waals surface area (Å²) in [6.45, 7) is 11.7. The van der Waals surface area contributed by atoms with Gasteiger partial charge in [0, 0.05) is 11.1 Å². The van der Waals surface area contributed by atoms with Crippen LogP contribution < -0.4 is 16.4 Å². The zero-order valence-electron chi connectivity index (χ0n) is 11.1. The molecule has 0 aromatic rings. The second-order valence-electron chi connectivity index (χ2n) is 5.87. The molecule has 0 saturated heterocycles. The average Bonchev–Trinajstić information content (AvgIpc) is 1.94. The van der Waals surface area contributed by atoms with Gasteiger partial charge in [-0.05, 0) is 41.5 Å². The van der Waals surface area contributed by atoms with Crippen LogP contribution in [0.3, 0.4) is 0 Å². The Balaban J connectivity index is 4.13. The Bertz CT molecular complexity index is 271. The van der Waals surface area contributed by atoms with Crippen molar-refractivity contribution in [1.82, 2.24) is 10.6 Å². The molecule has 0 aromatic carbocycles. The van der Waals surface area contributed by atoms with Gasteiger partial charge in [0.25, 0.3) is 0 Å². The number of aliphatic imine (C=N–C) groups is 1. The Morgan fingerprint density at radius 2 is 1.50 bits per heavy atom. The fourth-order valence-electron chi connectivity index (χ4n) is 1.04. The second kappa shape index (κ2) is 5.18. The van der Waals surface area contributed by atoms with Gasteiger partial charge in [-0.3, -0.25) is 4.79 Å². The quantitative estimate of drug-likeness (QED) is 0.478. The zero-order valence-corrected chi connectivity index (χ0v) is 11.1. The molecule has 5 nitrogen and oxygen atoms in total. The standard InChI is InChI=1S/C11H24N4O/c1-10(2,3)14-8(16)7-13-9(12)15-11(4,5)6/h7H2,1-6H3,(H,14,16)(H3,12,13,15). The first kappa shape index (κ1) is 14.7. The van der Waals surface area contributed by atoms with Crippen molar-refractivity contribution >= 4 is 11.9 Å². The maximum atomic E-state index is 11.4. The van der Waals surface area contributed by atoms with Crippen molar-refractivity contribution in [3.05, 3.63) is 0 Å². The van der Waals surface area contributed by atoms with Crippen LogP contribution in [0.1, 0.15) is 41.5 Å². The molecule has 0 fully saturated rings. The molecular formula is C11H24N4O. The lowest BCUT2D eigenvalue weighted by Crippen LogP contribution is -2.46. The highest BCUT2D eigenvalue weighted by molar-refractivity contribution is 5.84. The van der Waals surface area contributed by atoms with Crippen molar-refractivity contribution in [3.63, 3.8) is 0 Å². The van der Waals surface area contributed by atoms with Crippen molar-refractivity contribution in [2.75, 3.05) is 6.54 Å². The SMILES string of the molecule is CC(C)(C)NC(=O)CN=C(N)NC(C)(C)C. The number of nitrogens with one attached hydrogen (secondary N) is 2. The van der Waals surface area contributed by atoms with Crippen LogP contribution in [0.4, 0.5) is 0 Å². The molecule has 16 heavy (non-hydrogen) atoms. The number of nitrogens with two attached hydrogens (primary N) is 1. The first-order valence-electron chi connectivity index (χ1n) is 5.39. The predicted molar refractivity (Wildman–Crippen MR) is 67.3 cm³/mol. The highest BCUT2D eigenvalue weighted by Gasteiger charge is 2.14. The van der Waals surface area contributed by atoms with E-state index < -0.39 is 0 Å². The van der Waals surface area contributed by atoms with Gasteiger partial charge in [0.05, 0.1) is 0 Å². The van der Waals surface area contributed by atoms with Crippen molar-refractivity contribution in [3.8, 4) is 0 Å². The first-order chi connectivity index (χ1) is 6.99. The minimum Gasteiger partial charge on any atom is -0.370 e. The molecule has 1 amide bonds. The van der Waals surface area contributed by atoms with E-state index in [4.69, 9.17) is 5.73 Å². The summed E-state index contributed by atoms with van der Waals surface area (Å²) >= 11 is 0. The summed E-state index contributed by atoms with van der Waals surface area (Å²) in [5.74, 6) is 0.155. The van der Waals surface area contributed by atoms with Gasteiger partial charge in [-0.25, -0.2) is 4.99 Å². The number of carbonyl (C=O) groups is 1. The fourth-order valence-corrected chi connectivity index (χ4v) is 1.04. The van der Waals surface area contributed by atoms with Gasteiger partial charge in [-0.15, -0.1) is 0 Å². The fraction of sp³-hybridized carbons (Fsp3) is 0.818. The lowest BCUT2D eigenvalue weighted by atomic mass is 10.1. The van der Waals surface area contributed by atoms with Gasteiger partial charge in [0.15, 0.2) is 5.96 Å². The number of guanidine groups is 1. The predicted octanol–water partition coefficient (Wildman–Crippen LogP) is 0.604. The highest BCUT2D eigenvalue weighted by Crippen LogP contribution is 1.98. The third-order valence-electron chi connectivity index (χ3n) is 1.41. The molecule has 0 aliphatic heterocycles. The molecule has 94 valence electrons. The summed E-state index contributed by atoms with van der Waals surface area (Å²) in [6, 6.07) is 0. The first-order valence-corrected chi connectivity index (χ1v) is 5.39. The largest absolute Gasteiger partial charge is 0.370 e. The maximum absolute atomic E-state index is 11.4. The minimum absolute atomic E-state index is 0.0478. The van der Waals surface area contributed by atoms with Gasteiger partial charge >= 0.3 is 0 Å². The van der Waals surface area contributed by atoms with Gasteiger partial charge in [0.1, 0.15) is 6.54 Å². The van der Waals surface area contributed by atoms with E-state index in [1.54, 1.807) is 0 Å². The van der Waals surface area contributed by atoms with Crippen LogP contribution in [-0.2, 0) is 4.79 Å². The zero-order chi connectivity index (χ0) is 13.0. The Morgan fingerprint density at radius 3 is 1.88 bits per heavy atom. The number of hydrogen-bond donors (Lipinski definition) is 3. The van der Waals surface area contributed by atoms with Gasteiger partial charge in [-0.2, -0.15) is 0 Å². The number of hydrogen-bond acceptors (Lipinski definition) is 2. The monoisotopic (exact) mass is 228 g/mol. The molecule has 0 heterocycles. The van der Waals surface area contributed by atoms with E-state index in [1.807, 2.05) is 41.5 Å². The van der Waals surface area contributed by atoms with Crippen molar-refractivity contribution < 1.29 is 4.79 Å². The molecule has 0 bridgehead atoms. The van der Waals surface area contributed by atoms with Crippen LogP contribution in [-0.4, -0.2) is 29.5 Å². The molecule has 0 unspecified atom stereocenters. The van der Waals surface area contributed by atoms with E-state index in [1.165, 1.54) is 0 Å². The van der Waals surface area contributed by atoms with Crippen molar-refractivity contribution in [1.29, 1.82) is 0 Å². The summed E-state index contributed by atoms with van der Waals surface area (Å²) < 4.78 is 0. The number of rotatable bonds is 2. The Morgan fingerprint density at radius 1 is 1.06 bits per heavy atom. The van der Waals surface area contributed by atoms with E-state index in [9.17, 15) is 4.79 Å². The summed E-state index contributed by atoms with van der Waals surface area (Å²) in [5, 5.41) is 5.79. The van der Waals surface area contributed by atoms with Crippen LogP contribution in [0.2, 0.25) is 0 Å². The van der Waals surface area contributed by atoms with Crippen LogP contribution in [0, 0.1) is 0 Å². The van der Waals surface area contributed by atoms with E-state index in [2.05, 4.69) is 15.6 Å². The average molecular weight is 228 g/mol. The molecule has 0 radical (unpaired) electrons. The van der Waals surface area contributed by atoms with Crippen LogP contribution in [0.25, 0.3) is 0 Å². The molecule has 0 aromatic heterocycles. The normalized spacial score (nSPS) is 13.5. The summed E-state index contributed by atoms with van der Waals surface area (Å²) in [4.78, 5) is 15.4. The molecule has 0 aliphatic rings. The van der Waals surface area contributed by atoms with Gasteiger partial charge in [0.2, 0.25) is 5.91 Å². The number of amides is 1. The lowest BCUT2D eigenvalue weighted by molar-refractivity contribution is -0.121. The van der Waals surface area contributed by atoms with E-state index in [0.29, 0.717) is 0 Å². The van der Waals surface area contributed by atoms with Crippen LogP contribution in [0.5, 0.6) is 0 Å². The summed E-state index contributed by atoms with van der Waals surface area (Å²) in [7, 11) is 0. The Kier molecular flexibility index (Phi) is 4.78. The van der Waals surface area contributed by atoms with E-state index in [0.717, 1.165) is 0 Å². The molecule has 0 aliphatic carbocycles. The third-order valence-corrected chi connectivity index (χ3v) is 1.41. The lowest BCUT2D eigenvalue weighted by Gasteiger charge is -2.22. The van der Waals surface area contributed by atoms with Crippen LogP contribution in [0.15, 0.2) is 4.99 Å². The molecule has 0 spiro atoms. The number of carbonyl (C=O) groups excluding carboxylic acids is 1. The topological polar surface area (TPSA) is 79.5 Å². The molecule has 0 rings (SSSR count). The molecule has 0 saturated carbocycles. The van der Waals surface area contributed by atoms with E-state index in [-0.39, 0.29) is 29.5 Å². The van der Waals surface area contributed by atoms with Gasteiger partial charge < -0.3 is 16.4 Å².